The fraction of sp³-hybridized carbons (Fsp3) is 0.318. The largest absolute Gasteiger partial charge is 0.377 e. The molecule has 4 heterocycles. The number of nitrogens with zero attached hydrogens (tertiary/aromatic N) is 6. The van der Waals surface area contributed by atoms with Gasteiger partial charge in [-0.15, -0.1) is 10.2 Å². The van der Waals surface area contributed by atoms with Crippen molar-refractivity contribution < 1.29 is 21.9 Å². The van der Waals surface area contributed by atoms with Crippen molar-refractivity contribution >= 4 is 48.9 Å². The summed E-state index contributed by atoms with van der Waals surface area (Å²) in [5, 5.41) is 17.8. The van der Waals surface area contributed by atoms with Crippen LogP contribution in [-0.2, 0) is 14.8 Å². The van der Waals surface area contributed by atoms with E-state index in [9.17, 15) is 22.5 Å². The number of sulfonamides is 1. The van der Waals surface area contributed by atoms with Crippen LogP contribution in [0.1, 0.15) is 36.4 Å². The zero-order valence-electron chi connectivity index (χ0n) is 18.5. The maximum absolute atomic E-state index is 13.3. The molecule has 1 saturated carbocycles. The molecule has 1 aliphatic carbocycles. The van der Waals surface area contributed by atoms with Crippen LogP contribution in [0.5, 0.6) is 0 Å². The molecule has 0 bridgehead atoms. The summed E-state index contributed by atoms with van der Waals surface area (Å²) in [6, 6.07) is 6.52. The van der Waals surface area contributed by atoms with Gasteiger partial charge in [-0.2, -0.15) is 9.98 Å². The summed E-state index contributed by atoms with van der Waals surface area (Å²) in [5.74, 6) is 0. The monoisotopic (exact) mass is 529 g/mol. The minimum absolute atomic E-state index is 0.0704. The van der Waals surface area contributed by atoms with E-state index in [0.717, 1.165) is 5.57 Å². The van der Waals surface area contributed by atoms with Crippen LogP contribution in [0, 0.1) is 11.3 Å². The zero-order valence-corrected chi connectivity index (χ0v) is 20.1. The van der Waals surface area contributed by atoms with Crippen molar-refractivity contribution in [3.63, 3.8) is 0 Å². The first-order chi connectivity index (χ1) is 17.3. The molecule has 0 radical (unpaired) electrons. The first-order valence-corrected chi connectivity index (χ1v) is 13.3. The number of hydrogen-bond donors (Lipinski definition) is 1. The van der Waals surface area contributed by atoms with Crippen molar-refractivity contribution in [3.8, 4) is 11.2 Å². The molecule has 0 spiro atoms. The van der Waals surface area contributed by atoms with Crippen LogP contribution in [0.15, 0.2) is 35.5 Å². The number of halogens is 2. The number of fused-ring (bicyclic) bond motifs is 3. The highest BCUT2D eigenvalue weighted by Crippen LogP contribution is 2.39. The number of hydrogen-bond acceptors (Lipinski definition) is 9. The molecule has 184 valence electrons. The van der Waals surface area contributed by atoms with E-state index in [1.165, 1.54) is 23.0 Å². The first-order valence-electron chi connectivity index (χ1n) is 11.0. The Kier molecular flexibility index (Phi) is 5.34. The van der Waals surface area contributed by atoms with E-state index in [4.69, 9.17) is 4.74 Å². The van der Waals surface area contributed by atoms with E-state index in [-0.39, 0.29) is 10.0 Å². The van der Waals surface area contributed by atoms with Crippen LogP contribution in [0.3, 0.4) is 0 Å². The summed E-state index contributed by atoms with van der Waals surface area (Å²) >= 11 is 0.694. The van der Waals surface area contributed by atoms with Crippen LogP contribution in [0.4, 0.5) is 8.78 Å². The number of aromatic nitrogens is 5. The van der Waals surface area contributed by atoms with Gasteiger partial charge in [-0.3, -0.25) is 4.57 Å². The van der Waals surface area contributed by atoms with Crippen LogP contribution in [0.2, 0.25) is 0 Å². The lowest BCUT2D eigenvalue weighted by atomic mass is 10.0. The van der Waals surface area contributed by atoms with Gasteiger partial charge in [0, 0.05) is 5.39 Å². The van der Waals surface area contributed by atoms with Crippen molar-refractivity contribution in [2.24, 2.45) is 0 Å². The lowest BCUT2D eigenvalue weighted by Gasteiger charge is -2.13. The summed E-state index contributed by atoms with van der Waals surface area (Å²) in [7, 11) is -4.04. The van der Waals surface area contributed by atoms with E-state index >= 15 is 0 Å². The van der Waals surface area contributed by atoms with Crippen molar-refractivity contribution in [2.75, 3.05) is 13.2 Å². The molecule has 6 rings (SSSR count). The quantitative estimate of drug-likeness (QED) is 0.401. The van der Waals surface area contributed by atoms with Gasteiger partial charge in [0.1, 0.15) is 11.9 Å². The number of rotatable bonds is 6. The second-order valence-electron chi connectivity index (χ2n) is 8.51. The molecule has 0 amide bonds. The fourth-order valence-corrected chi connectivity index (χ4v) is 6.36. The van der Waals surface area contributed by atoms with Gasteiger partial charge in [0.25, 0.3) is 6.43 Å². The van der Waals surface area contributed by atoms with Gasteiger partial charge in [-0.1, -0.05) is 23.5 Å². The Morgan fingerprint density at radius 3 is 2.75 bits per heavy atom. The Bertz CT molecular complexity index is 1700. The molecule has 0 unspecified atom stereocenters. The maximum atomic E-state index is 13.3. The Balaban J connectivity index is 1.62. The topological polar surface area (TPSA) is 136 Å². The van der Waals surface area contributed by atoms with Crippen molar-refractivity contribution in [2.45, 2.75) is 36.1 Å². The molecule has 1 N–H and O–H groups in total. The molecule has 3 aromatic heterocycles. The van der Waals surface area contributed by atoms with Crippen molar-refractivity contribution in [1.82, 2.24) is 29.5 Å². The molecular formula is C22H17F2N7O3S2. The second kappa shape index (κ2) is 8.34. The third-order valence-corrected chi connectivity index (χ3v) is 8.65. The summed E-state index contributed by atoms with van der Waals surface area (Å²) in [4.78, 5) is 8.84. The average molecular weight is 530 g/mol. The van der Waals surface area contributed by atoms with E-state index < -0.39 is 27.0 Å². The molecule has 1 fully saturated rings. The Labute approximate surface area is 207 Å². The molecule has 0 saturated heterocycles. The van der Waals surface area contributed by atoms with Gasteiger partial charge in [0.2, 0.25) is 15.2 Å². The predicted octanol–water partition coefficient (Wildman–Crippen LogP) is 3.50. The van der Waals surface area contributed by atoms with Crippen LogP contribution >= 0.6 is 11.3 Å². The molecule has 14 heteroatoms. The highest BCUT2D eigenvalue weighted by molar-refractivity contribution is 7.89. The predicted molar refractivity (Wildman–Crippen MR) is 126 cm³/mol. The van der Waals surface area contributed by atoms with Crippen molar-refractivity contribution in [1.29, 1.82) is 5.26 Å². The van der Waals surface area contributed by atoms with Gasteiger partial charge in [-0.25, -0.2) is 27.2 Å². The highest BCUT2D eigenvalue weighted by atomic mass is 32.2. The summed E-state index contributed by atoms with van der Waals surface area (Å²) in [5.41, 5.74) is 1.28. The van der Waals surface area contributed by atoms with Crippen LogP contribution < -0.4 is 4.72 Å². The van der Waals surface area contributed by atoms with E-state index in [0.29, 0.717) is 71.4 Å². The number of alkyl halides is 2. The van der Waals surface area contributed by atoms with Gasteiger partial charge in [-0.05, 0) is 37.0 Å². The molecular weight excluding hydrogens is 512 g/mol. The summed E-state index contributed by atoms with van der Waals surface area (Å²) < 4.78 is 62.3. The van der Waals surface area contributed by atoms with Gasteiger partial charge in [0.15, 0.2) is 10.7 Å². The number of nitriles is 1. The minimum atomic E-state index is -4.04. The van der Waals surface area contributed by atoms with E-state index in [1.54, 1.807) is 6.07 Å². The smallest absolute Gasteiger partial charge is 0.291 e. The molecule has 0 atom stereocenters. The maximum Gasteiger partial charge on any atom is 0.291 e. The lowest BCUT2D eigenvalue weighted by Crippen LogP contribution is -2.35. The molecule has 36 heavy (non-hydrogen) atoms. The third-order valence-electron chi connectivity index (χ3n) is 6.20. The normalized spacial score (nSPS) is 17.4. The number of nitrogens with one attached hydrogen (secondary N) is 1. The number of benzene rings is 1. The third kappa shape index (κ3) is 3.75. The molecule has 2 aliphatic rings. The van der Waals surface area contributed by atoms with E-state index in [2.05, 4.69) is 24.9 Å². The minimum Gasteiger partial charge on any atom is -0.377 e. The van der Waals surface area contributed by atoms with Crippen LogP contribution in [0.25, 0.3) is 32.6 Å². The van der Waals surface area contributed by atoms with Crippen LogP contribution in [-0.4, -0.2) is 51.9 Å². The zero-order chi connectivity index (χ0) is 25.1. The van der Waals surface area contributed by atoms with Gasteiger partial charge >= 0.3 is 0 Å². The Morgan fingerprint density at radius 2 is 2.08 bits per heavy atom. The summed E-state index contributed by atoms with van der Waals surface area (Å²) in [6.45, 7) is 0.959. The molecule has 1 aromatic carbocycles. The van der Waals surface area contributed by atoms with Gasteiger partial charge in [0.05, 0.1) is 40.8 Å². The molecule has 1 aliphatic heterocycles. The lowest BCUT2D eigenvalue weighted by molar-refractivity contribution is 0.150. The Morgan fingerprint density at radius 1 is 1.25 bits per heavy atom. The second-order valence-corrected chi connectivity index (χ2v) is 11.2. The van der Waals surface area contributed by atoms with Gasteiger partial charge < -0.3 is 4.74 Å². The van der Waals surface area contributed by atoms with E-state index in [1.807, 2.05) is 12.1 Å². The number of ether oxygens (including phenoxy) is 1. The molecule has 4 aromatic rings. The molecule has 10 nitrogen and oxygen atoms in total. The Hall–Kier alpha value is -3.38. The standard InChI is InChI=1S/C22H17F2N7O3S2/c23-18(24)20-28-29-21(35-20)31-15-9-13(36(32,33)30-22(10-25)5-6-22)1-2-14(15)16-17(26-11-27-19(16)31)12-3-7-34-8-4-12/h1-3,9,11,18,30H,4-8H2. The van der Waals surface area contributed by atoms with Crippen molar-refractivity contribution in [3.05, 3.63) is 41.3 Å². The first kappa shape index (κ1) is 23.0. The average Bonchev–Trinajstić information content (AvgIpc) is 3.32. The fourth-order valence-electron chi connectivity index (χ4n) is 4.24. The summed E-state index contributed by atoms with van der Waals surface area (Å²) in [6.07, 6.45) is 1.99. The SMILES string of the molecule is N#CC1(NS(=O)(=O)c2ccc3c4c(C5=CCOCC5)ncnc4n(-c4nnc(C(F)F)s4)c3c2)CC1. The highest BCUT2D eigenvalue weighted by Gasteiger charge is 2.46.